The maximum Gasteiger partial charge on any atom is 0.268 e. The molecule has 0 spiro atoms. The average molecular weight is 452 g/mol. The van der Waals surface area contributed by atoms with Gasteiger partial charge in [0, 0.05) is 28.1 Å². The van der Waals surface area contributed by atoms with Gasteiger partial charge in [0.05, 0.1) is 6.61 Å². The second-order valence-corrected chi connectivity index (χ2v) is 8.42. The van der Waals surface area contributed by atoms with Crippen LogP contribution in [0.15, 0.2) is 54.2 Å². The van der Waals surface area contributed by atoms with Gasteiger partial charge in [-0.05, 0) is 42.7 Å². The lowest BCUT2D eigenvalue weighted by molar-refractivity contribution is -0.112. The number of para-hydroxylation sites is 1. The van der Waals surface area contributed by atoms with Crippen molar-refractivity contribution >= 4 is 40.1 Å². The summed E-state index contributed by atoms with van der Waals surface area (Å²) < 4.78 is 5.70. The molecule has 1 N–H and O–H groups in total. The molecule has 0 saturated carbocycles. The molecular formula is C24H22ClN3O2S. The van der Waals surface area contributed by atoms with Crippen LogP contribution in [0.2, 0.25) is 5.02 Å². The predicted octanol–water partition coefficient (Wildman–Crippen LogP) is 6.03. The number of aromatic nitrogens is 1. The lowest BCUT2D eigenvalue weighted by atomic mass is 10.1. The normalized spacial score (nSPS) is 11.1. The topological polar surface area (TPSA) is 75.0 Å². The number of hydrogen-bond donors (Lipinski definition) is 1. The fourth-order valence-corrected chi connectivity index (χ4v) is 3.85. The first-order valence-corrected chi connectivity index (χ1v) is 11.0. The van der Waals surface area contributed by atoms with Crippen molar-refractivity contribution in [3.63, 3.8) is 0 Å². The molecule has 5 nitrogen and oxygen atoms in total. The molecule has 158 valence electrons. The number of nitrogens with zero attached hydrogens (tertiary/aromatic N) is 2. The molecule has 7 heteroatoms. The van der Waals surface area contributed by atoms with Crippen LogP contribution >= 0.6 is 22.9 Å². The summed E-state index contributed by atoms with van der Waals surface area (Å²) in [5.74, 6) is 0.130. The van der Waals surface area contributed by atoms with Gasteiger partial charge in [0.25, 0.3) is 5.91 Å². The highest BCUT2D eigenvalue weighted by atomic mass is 35.5. The van der Waals surface area contributed by atoms with E-state index in [0.29, 0.717) is 29.5 Å². The monoisotopic (exact) mass is 451 g/mol. The van der Waals surface area contributed by atoms with Crippen molar-refractivity contribution in [2.75, 3.05) is 11.9 Å². The number of nitrogens with one attached hydrogen (secondary N) is 1. The summed E-state index contributed by atoms with van der Waals surface area (Å²) in [5, 5.41) is 13.4. The first-order valence-electron chi connectivity index (χ1n) is 9.85. The smallest absolute Gasteiger partial charge is 0.268 e. The molecule has 0 fully saturated rings. The third-order valence-electron chi connectivity index (χ3n) is 4.43. The van der Waals surface area contributed by atoms with Crippen LogP contribution in [-0.2, 0) is 11.2 Å². The fraction of sp³-hybridized carbons (Fsp3) is 0.208. The number of aryl methyl sites for hydroxylation is 1. The summed E-state index contributed by atoms with van der Waals surface area (Å²) in [7, 11) is 0. The summed E-state index contributed by atoms with van der Waals surface area (Å²) in [6.45, 7) is 4.54. The minimum atomic E-state index is -0.507. The van der Waals surface area contributed by atoms with E-state index in [-0.39, 0.29) is 5.57 Å². The standard InChI is InChI=1S/C24H22ClN3O2S/c1-3-10-30-22-7-5-4-6-18(22)13-19(14-26)23(29)28-24-27-15-20(31-24)11-17-9-8-16(2)21(25)12-17/h4-9,12-13,15H,3,10-11H2,1-2H3,(H,27,28,29). The van der Waals surface area contributed by atoms with Gasteiger partial charge in [0.1, 0.15) is 17.4 Å². The van der Waals surface area contributed by atoms with Crippen LogP contribution in [0.25, 0.3) is 6.08 Å². The molecule has 2 aromatic carbocycles. The van der Waals surface area contributed by atoms with Gasteiger partial charge in [0.15, 0.2) is 5.13 Å². The highest BCUT2D eigenvalue weighted by Gasteiger charge is 2.14. The van der Waals surface area contributed by atoms with Crippen molar-refractivity contribution in [2.45, 2.75) is 26.7 Å². The molecule has 1 amide bonds. The van der Waals surface area contributed by atoms with E-state index in [1.807, 2.05) is 62.4 Å². The van der Waals surface area contributed by atoms with Gasteiger partial charge in [-0.2, -0.15) is 5.26 Å². The molecule has 0 saturated heterocycles. The molecule has 0 aliphatic heterocycles. The molecule has 3 aromatic rings. The molecule has 3 rings (SSSR count). The highest BCUT2D eigenvalue weighted by molar-refractivity contribution is 7.15. The van der Waals surface area contributed by atoms with Crippen molar-refractivity contribution in [2.24, 2.45) is 0 Å². The number of rotatable bonds is 8. The number of carbonyl (C=O) groups excluding carboxylic acids is 1. The SMILES string of the molecule is CCCOc1ccccc1C=C(C#N)C(=O)Nc1ncc(Cc2ccc(C)c(Cl)c2)s1. The summed E-state index contributed by atoms with van der Waals surface area (Å²) in [6, 6.07) is 15.2. The summed E-state index contributed by atoms with van der Waals surface area (Å²) in [5.41, 5.74) is 2.76. The first-order chi connectivity index (χ1) is 15.0. The number of benzene rings is 2. The fourth-order valence-electron chi connectivity index (χ4n) is 2.81. The number of thiazole rings is 1. The minimum absolute atomic E-state index is 0.0189. The number of halogens is 1. The zero-order valence-electron chi connectivity index (χ0n) is 17.3. The van der Waals surface area contributed by atoms with Gasteiger partial charge >= 0.3 is 0 Å². The van der Waals surface area contributed by atoms with Crippen LogP contribution in [0.4, 0.5) is 5.13 Å². The van der Waals surface area contributed by atoms with Crippen molar-refractivity contribution < 1.29 is 9.53 Å². The Labute approximate surface area is 191 Å². The van der Waals surface area contributed by atoms with Crippen molar-refractivity contribution in [3.05, 3.63) is 80.8 Å². The Morgan fingerprint density at radius 1 is 1.32 bits per heavy atom. The number of amides is 1. The van der Waals surface area contributed by atoms with E-state index in [1.165, 1.54) is 17.4 Å². The Balaban J connectivity index is 1.71. The van der Waals surface area contributed by atoms with E-state index in [0.717, 1.165) is 27.4 Å². The summed E-state index contributed by atoms with van der Waals surface area (Å²) in [6.07, 6.45) is 4.78. The van der Waals surface area contributed by atoms with Crippen LogP contribution in [-0.4, -0.2) is 17.5 Å². The van der Waals surface area contributed by atoms with Crippen LogP contribution in [0.1, 0.15) is 34.9 Å². The Hall–Kier alpha value is -3.14. The second-order valence-electron chi connectivity index (χ2n) is 6.90. The lowest BCUT2D eigenvalue weighted by Gasteiger charge is -2.08. The predicted molar refractivity (Wildman–Crippen MR) is 126 cm³/mol. The quantitative estimate of drug-likeness (QED) is 0.335. The van der Waals surface area contributed by atoms with E-state index in [1.54, 1.807) is 6.20 Å². The zero-order valence-corrected chi connectivity index (χ0v) is 18.9. The van der Waals surface area contributed by atoms with E-state index in [9.17, 15) is 10.1 Å². The molecule has 0 bridgehead atoms. The first kappa shape index (κ1) is 22.5. The van der Waals surface area contributed by atoms with Gasteiger partial charge < -0.3 is 4.74 Å². The van der Waals surface area contributed by atoms with E-state index < -0.39 is 5.91 Å². The number of hydrogen-bond acceptors (Lipinski definition) is 5. The number of nitriles is 1. The molecule has 0 radical (unpaired) electrons. The van der Waals surface area contributed by atoms with Gasteiger partial charge in [-0.15, -0.1) is 11.3 Å². The Kier molecular flexibility index (Phi) is 7.82. The Bertz CT molecular complexity index is 1150. The number of anilines is 1. The van der Waals surface area contributed by atoms with E-state index in [4.69, 9.17) is 16.3 Å². The van der Waals surface area contributed by atoms with Crippen LogP contribution in [0.3, 0.4) is 0 Å². The highest BCUT2D eigenvalue weighted by Crippen LogP contribution is 2.25. The van der Waals surface area contributed by atoms with Crippen molar-refractivity contribution in [3.8, 4) is 11.8 Å². The molecule has 0 atom stereocenters. The van der Waals surface area contributed by atoms with Gasteiger partial charge in [-0.1, -0.05) is 48.9 Å². The van der Waals surface area contributed by atoms with Gasteiger partial charge in [-0.3, -0.25) is 10.1 Å². The minimum Gasteiger partial charge on any atom is -0.493 e. The molecule has 0 aliphatic rings. The summed E-state index contributed by atoms with van der Waals surface area (Å²) >= 11 is 7.56. The average Bonchev–Trinajstić information content (AvgIpc) is 3.20. The zero-order chi connectivity index (χ0) is 22.2. The maximum absolute atomic E-state index is 12.6. The van der Waals surface area contributed by atoms with Crippen molar-refractivity contribution in [1.82, 2.24) is 4.98 Å². The van der Waals surface area contributed by atoms with Crippen LogP contribution < -0.4 is 10.1 Å². The van der Waals surface area contributed by atoms with Crippen molar-refractivity contribution in [1.29, 1.82) is 5.26 Å². The molecule has 1 heterocycles. The van der Waals surface area contributed by atoms with Crippen LogP contribution in [0.5, 0.6) is 5.75 Å². The third-order valence-corrected chi connectivity index (χ3v) is 5.75. The van der Waals surface area contributed by atoms with Crippen LogP contribution in [0, 0.1) is 18.3 Å². The summed E-state index contributed by atoms with van der Waals surface area (Å²) in [4.78, 5) is 17.9. The Morgan fingerprint density at radius 2 is 2.13 bits per heavy atom. The number of ether oxygens (including phenoxy) is 1. The largest absolute Gasteiger partial charge is 0.493 e. The molecule has 0 unspecified atom stereocenters. The second kappa shape index (κ2) is 10.8. The maximum atomic E-state index is 12.6. The molecule has 31 heavy (non-hydrogen) atoms. The molecule has 0 aliphatic carbocycles. The van der Waals surface area contributed by atoms with E-state index >= 15 is 0 Å². The Morgan fingerprint density at radius 3 is 2.87 bits per heavy atom. The van der Waals surface area contributed by atoms with E-state index in [2.05, 4.69) is 10.3 Å². The number of carbonyl (C=O) groups is 1. The van der Waals surface area contributed by atoms with Gasteiger partial charge in [0.2, 0.25) is 0 Å². The molecule has 1 aromatic heterocycles. The lowest BCUT2D eigenvalue weighted by Crippen LogP contribution is -2.13. The third kappa shape index (κ3) is 6.17. The molecular weight excluding hydrogens is 430 g/mol. The van der Waals surface area contributed by atoms with Gasteiger partial charge in [-0.25, -0.2) is 4.98 Å².